The van der Waals surface area contributed by atoms with Crippen LogP contribution >= 0.6 is 0 Å². The molecular weight excluding hydrogens is 549 g/mol. The van der Waals surface area contributed by atoms with E-state index in [9.17, 15) is 39.5 Å². The molecule has 40 heavy (non-hydrogen) atoms. The summed E-state index contributed by atoms with van der Waals surface area (Å²) in [6, 6.07) is 16.0. The molecule has 2 saturated carbocycles. The third-order valence-electron chi connectivity index (χ3n) is 6.49. The van der Waals surface area contributed by atoms with Gasteiger partial charge in [0.25, 0.3) is 0 Å². The van der Waals surface area contributed by atoms with Crippen molar-refractivity contribution in [2.45, 2.75) is 55.3 Å². The van der Waals surface area contributed by atoms with E-state index in [1.165, 1.54) is 24.3 Å². The van der Waals surface area contributed by atoms with Crippen molar-refractivity contribution in [3.8, 4) is 6.07 Å². The summed E-state index contributed by atoms with van der Waals surface area (Å²) in [7, 11) is 0. The van der Waals surface area contributed by atoms with Crippen LogP contribution in [0.3, 0.4) is 0 Å². The van der Waals surface area contributed by atoms with Crippen molar-refractivity contribution >= 4 is 0 Å². The van der Waals surface area contributed by atoms with Crippen molar-refractivity contribution in [1.82, 2.24) is 0 Å². The maximum absolute atomic E-state index is 12.2. The van der Waals surface area contributed by atoms with Gasteiger partial charge in [-0.1, -0.05) is 24.3 Å². The average molecular weight is 574 g/mol. The number of hydrogen-bond acceptors (Lipinski definition) is 3. The van der Waals surface area contributed by atoms with Crippen LogP contribution in [0.2, 0.25) is 0 Å². The van der Waals surface area contributed by atoms with Crippen LogP contribution in [-0.4, -0.2) is 0 Å². The summed E-state index contributed by atoms with van der Waals surface area (Å²) < 4.78 is 109. The molecule has 0 heterocycles. The lowest BCUT2D eigenvalue weighted by molar-refractivity contribution is -0.138. The van der Waals surface area contributed by atoms with Gasteiger partial charge in [0.1, 0.15) is 0 Å². The highest BCUT2D eigenvalue weighted by Crippen LogP contribution is 2.44. The second kappa shape index (κ2) is 11.1. The first-order valence-corrected chi connectivity index (χ1v) is 11.9. The van der Waals surface area contributed by atoms with E-state index in [2.05, 4.69) is 0 Å². The van der Waals surface area contributed by atoms with E-state index in [0.717, 1.165) is 85.3 Å². The molecule has 0 aliphatic heterocycles. The van der Waals surface area contributed by atoms with Gasteiger partial charge in [-0.2, -0.15) is 44.8 Å². The second-order valence-electron chi connectivity index (χ2n) is 9.65. The molecule has 5 rings (SSSR count). The quantitative estimate of drug-likeness (QED) is 0.306. The third-order valence-corrected chi connectivity index (χ3v) is 6.49. The van der Waals surface area contributed by atoms with Gasteiger partial charge in [0.2, 0.25) is 0 Å². The number of alkyl halides is 9. The normalized spacial score (nSPS) is 16.9. The molecule has 0 aromatic heterocycles. The lowest BCUT2D eigenvalue weighted by atomic mass is 10.0. The van der Waals surface area contributed by atoms with E-state index in [4.69, 9.17) is 16.7 Å². The predicted molar refractivity (Wildman–Crippen MR) is 129 cm³/mol. The standard InChI is InChI=1S/2C10H10F3N.C8H4F3N/c2*11-10(12,13)8-3-1-7(2-4-8)9(14)5-6-9;9-8(10,11)7-3-1-6(5-12)2-4-7/h2*1-4H,5-6,14H2;1-4H. The van der Waals surface area contributed by atoms with Crippen molar-refractivity contribution in [2.24, 2.45) is 11.5 Å². The molecule has 0 saturated heterocycles. The molecule has 0 amide bonds. The largest absolute Gasteiger partial charge is 0.416 e. The number of halogens is 9. The molecule has 4 N–H and O–H groups in total. The molecule has 214 valence electrons. The fraction of sp³-hybridized carbons (Fsp3) is 0.321. The molecule has 3 nitrogen and oxygen atoms in total. The molecule has 2 aliphatic rings. The smallest absolute Gasteiger partial charge is 0.321 e. The van der Waals surface area contributed by atoms with Crippen LogP contribution in [0.5, 0.6) is 0 Å². The van der Waals surface area contributed by atoms with Gasteiger partial charge in [0.05, 0.1) is 28.3 Å². The molecule has 0 radical (unpaired) electrons. The number of nitrogens with zero attached hydrogens (tertiary/aromatic N) is 1. The van der Waals surface area contributed by atoms with Crippen LogP contribution in [0.1, 0.15) is 59.1 Å². The molecule has 3 aromatic carbocycles. The number of nitrogens with two attached hydrogens (primary N) is 2. The maximum atomic E-state index is 12.2. The fourth-order valence-electron chi connectivity index (χ4n) is 3.56. The Morgan fingerprint density at radius 2 is 0.750 bits per heavy atom. The van der Waals surface area contributed by atoms with Crippen LogP contribution in [0.15, 0.2) is 72.8 Å². The first kappa shape index (κ1) is 31.0. The number of nitriles is 1. The molecule has 3 aromatic rings. The van der Waals surface area contributed by atoms with Gasteiger partial charge in [0, 0.05) is 11.1 Å². The Labute approximate surface area is 224 Å². The van der Waals surface area contributed by atoms with Crippen molar-refractivity contribution in [3.63, 3.8) is 0 Å². The van der Waals surface area contributed by atoms with Gasteiger partial charge in [-0.3, -0.25) is 0 Å². The monoisotopic (exact) mass is 573 g/mol. The molecule has 0 atom stereocenters. The highest BCUT2D eigenvalue weighted by atomic mass is 19.4. The first-order chi connectivity index (χ1) is 18.4. The van der Waals surface area contributed by atoms with Gasteiger partial charge in [0.15, 0.2) is 0 Å². The SMILES string of the molecule is N#Cc1ccc(C(F)(F)F)cc1.NC1(c2ccc(C(F)(F)F)cc2)CC1.NC1(c2ccc(C(F)(F)F)cc2)CC1. The van der Waals surface area contributed by atoms with Crippen molar-refractivity contribution in [3.05, 3.63) is 106 Å². The maximum Gasteiger partial charge on any atom is 0.416 e. The van der Waals surface area contributed by atoms with Crippen LogP contribution in [0, 0.1) is 11.3 Å². The zero-order chi connectivity index (χ0) is 30.0. The number of rotatable bonds is 2. The third kappa shape index (κ3) is 8.22. The fourth-order valence-corrected chi connectivity index (χ4v) is 3.56. The van der Waals surface area contributed by atoms with Crippen LogP contribution in [0.4, 0.5) is 39.5 Å². The lowest BCUT2D eigenvalue weighted by Gasteiger charge is -2.11. The minimum atomic E-state index is -4.33. The van der Waals surface area contributed by atoms with Crippen LogP contribution in [0.25, 0.3) is 0 Å². The van der Waals surface area contributed by atoms with Crippen molar-refractivity contribution < 1.29 is 39.5 Å². The van der Waals surface area contributed by atoms with Gasteiger partial charge < -0.3 is 11.5 Å². The zero-order valence-corrected chi connectivity index (χ0v) is 20.8. The van der Waals surface area contributed by atoms with Gasteiger partial charge in [-0.05, 0) is 85.3 Å². The second-order valence-corrected chi connectivity index (χ2v) is 9.65. The molecule has 2 aliphatic carbocycles. The van der Waals surface area contributed by atoms with Crippen molar-refractivity contribution in [1.29, 1.82) is 5.26 Å². The molecule has 12 heteroatoms. The number of hydrogen-bond donors (Lipinski definition) is 2. The summed E-state index contributed by atoms with van der Waals surface area (Å²) in [5.74, 6) is 0. The minimum absolute atomic E-state index is 0.225. The van der Waals surface area contributed by atoms with E-state index in [1.807, 2.05) is 0 Å². The Morgan fingerprint density at radius 3 is 0.950 bits per heavy atom. The Kier molecular flexibility index (Phi) is 8.62. The Hall–Kier alpha value is -3.56. The van der Waals surface area contributed by atoms with Gasteiger partial charge >= 0.3 is 18.5 Å². The number of benzene rings is 3. The minimum Gasteiger partial charge on any atom is -0.321 e. The summed E-state index contributed by atoms with van der Waals surface area (Å²) in [5.41, 5.74) is 10.8. The van der Waals surface area contributed by atoms with E-state index in [-0.39, 0.29) is 16.6 Å². The summed E-state index contributed by atoms with van der Waals surface area (Å²) in [5, 5.41) is 8.30. The summed E-state index contributed by atoms with van der Waals surface area (Å²) in [6.45, 7) is 0. The van der Waals surface area contributed by atoms with E-state index in [0.29, 0.717) is 0 Å². The van der Waals surface area contributed by atoms with Crippen molar-refractivity contribution in [2.75, 3.05) is 0 Å². The summed E-state index contributed by atoms with van der Waals surface area (Å²) in [6.07, 6.45) is -9.41. The van der Waals surface area contributed by atoms with E-state index in [1.54, 1.807) is 6.07 Å². The highest BCUT2D eigenvalue weighted by Gasteiger charge is 2.41. The molecule has 0 spiro atoms. The Morgan fingerprint density at radius 1 is 0.500 bits per heavy atom. The molecule has 0 bridgehead atoms. The van der Waals surface area contributed by atoms with E-state index < -0.39 is 35.2 Å². The summed E-state index contributed by atoms with van der Waals surface area (Å²) >= 11 is 0. The average Bonchev–Trinajstić information content (AvgIpc) is 3.82. The first-order valence-electron chi connectivity index (χ1n) is 11.9. The molecule has 0 unspecified atom stereocenters. The molecular formula is C28H24F9N3. The zero-order valence-electron chi connectivity index (χ0n) is 20.8. The topological polar surface area (TPSA) is 75.8 Å². The Bertz CT molecular complexity index is 1190. The van der Waals surface area contributed by atoms with E-state index >= 15 is 0 Å². The van der Waals surface area contributed by atoms with Gasteiger partial charge in [-0.15, -0.1) is 0 Å². The Balaban J connectivity index is 0.000000166. The van der Waals surface area contributed by atoms with Gasteiger partial charge in [-0.25, -0.2) is 0 Å². The van der Waals surface area contributed by atoms with Crippen LogP contribution in [-0.2, 0) is 29.6 Å². The lowest BCUT2D eigenvalue weighted by Crippen LogP contribution is -2.18. The molecule has 2 fully saturated rings. The predicted octanol–water partition coefficient (Wildman–Crippen LogP) is 7.88. The highest BCUT2D eigenvalue weighted by molar-refractivity contribution is 5.34. The van der Waals surface area contributed by atoms with Crippen LogP contribution < -0.4 is 11.5 Å². The summed E-state index contributed by atoms with van der Waals surface area (Å²) in [4.78, 5) is 0.